The van der Waals surface area contributed by atoms with Gasteiger partial charge < -0.3 is 15.4 Å². The molecule has 8 nitrogen and oxygen atoms in total. The van der Waals surface area contributed by atoms with Crippen LogP contribution < -0.4 is 15.4 Å². The number of fused-ring (bicyclic) bond motifs is 1. The van der Waals surface area contributed by atoms with Crippen LogP contribution in [0.4, 0.5) is 17.1 Å². The number of anilines is 3. The number of pyridine rings is 1. The summed E-state index contributed by atoms with van der Waals surface area (Å²) in [5, 5.41) is 16.0. The van der Waals surface area contributed by atoms with E-state index in [0.717, 1.165) is 6.26 Å². The normalized spacial score (nSPS) is 11.0. The van der Waals surface area contributed by atoms with Crippen LogP contribution in [0.2, 0.25) is 0 Å². The van der Waals surface area contributed by atoms with E-state index < -0.39 is 9.84 Å². The summed E-state index contributed by atoms with van der Waals surface area (Å²) in [7, 11) is -3.39. The lowest BCUT2D eigenvalue weighted by Crippen LogP contribution is -2.08. The van der Waals surface area contributed by atoms with E-state index >= 15 is 0 Å². The maximum absolute atomic E-state index is 11.9. The minimum atomic E-state index is -3.39. The zero-order chi connectivity index (χ0) is 21.9. The van der Waals surface area contributed by atoms with Gasteiger partial charge in [0.1, 0.15) is 11.8 Å². The van der Waals surface area contributed by atoms with Crippen molar-refractivity contribution in [1.29, 1.82) is 5.26 Å². The largest absolute Gasteiger partial charge is 0.492 e. The number of carbonyl (C=O) groups excluding carboxylic acids is 1. The molecule has 30 heavy (non-hydrogen) atoms. The van der Waals surface area contributed by atoms with Gasteiger partial charge in [0.05, 0.1) is 34.0 Å². The van der Waals surface area contributed by atoms with E-state index in [2.05, 4.69) is 21.7 Å². The Morgan fingerprint density at radius 2 is 2.03 bits per heavy atom. The standard InChI is InChI=1S/C21H20N4O4S/c1-4-29-20-10-18-17(9-19(20)24-13(2)26)21(14(11-22)12-23-18)25-15-6-5-7-16(8-15)30(3,27)28/h5-10,12H,4H2,1-3H3,(H,23,25)(H,24,26). The number of sulfone groups is 1. The van der Waals surface area contributed by atoms with Crippen molar-refractivity contribution in [2.24, 2.45) is 0 Å². The van der Waals surface area contributed by atoms with Gasteiger partial charge in [0.15, 0.2) is 9.84 Å². The first-order chi connectivity index (χ1) is 14.2. The van der Waals surface area contributed by atoms with Gasteiger partial charge in [0.25, 0.3) is 0 Å². The van der Waals surface area contributed by atoms with Gasteiger partial charge in [0.2, 0.25) is 5.91 Å². The van der Waals surface area contributed by atoms with Crippen molar-refractivity contribution in [2.75, 3.05) is 23.5 Å². The highest BCUT2D eigenvalue weighted by Gasteiger charge is 2.15. The summed E-state index contributed by atoms with van der Waals surface area (Å²) in [6.45, 7) is 3.62. The van der Waals surface area contributed by atoms with Crippen molar-refractivity contribution < 1.29 is 17.9 Å². The van der Waals surface area contributed by atoms with E-state index in [9.17, 15) is 18.5 Å². The highest BCUT2D eigenvalue weighted by atomic mass is 32.2. The van der Waals surface area contributed by atoms with Gasteiger partial charge in [-0.1, -0.05) is 6.07 Å². The summed E-state index contributed by atoms with van der Waals surface area (Å²) in [4.78, 5) is 16.1. The topological polar surface area (TPSA) is 121 Å². The Bertz CT molecular complexity index is 1280. The highest BCUT2D eigenvalue weighted by Crippen LogP contribution is 2.36. The second-order valence-electron chi connectivity index (χ2n) is 6.56. The van der Waals surface area contributed by atoms with E-state index in [1.165, 1.54) is 25.3 Å². The molecule has 0 fully saturated rings. The smallest absolute Gasteiger partial charge is 0.221 e. The van der Waals surface area contributed by atoms with E-state index in [0.29, 0.717) is 40.3 Å². The zero-order valence-corrected chi connectivity index (χ0v) is 17.5. The SMILES string of the molecule is CCOc1cc2ncc(C#N)c(Nc3cccc(S(C)(=O)=O)c3)c2cc1NC(C)=O. The predicted octanol–water partition coefficient (Wildman–Crippen LogP) is 3.61. The van der Waals surface area contributed by atoms with Crippen molar-refractivity contribution in [3.8, 4) is 11.8 Å². The van der Waals surface area contributed by atoms with Gasteiger partial charge in [0, 0.05) is 36.5 Å². The average molecular weight is 424 g/mol. The summed E-state index contributed by atoms with van der Waals surface area (Å²) in [5.74, 6) is 0.192. The highest BCUT2D eigenvalue weighted by molar-refractivity contribution is 7.90. The van der Waals surface area contributed by atoms with Crippen LogP contribution in [0.3, 0.4) is 0 Å². The third-order valence-electron chi connectivity index (χ3n) is 4.23. The van der Waals surface area contributed by atoms with Crippen LogP contribution in [-0.4, -0.2) is 32.2 Å². The minimum Gasteiger partial charge on any atom is -0.492 e. The van der Waals surface area contributed by atoms with E-state index in [1.807, 2.05) is 6.92 Å². The summed E-state index contributed by atoms with van der Waals surface area (Å²) in [6.07, 6.45) is 2.56. The number of ether oxygens (including phenoxy) is 1. The molecule has 0 atom stereocenters. The van der Waals surface area contributed by atoms with Crippen molar-refractivity contribution in [3.05, 3.63) is 48.2 Å². The number of benzene rings is 2. The van der Waals surface area contributed by atoms with Gasteiger partial charge in [-0.3, -0.25) is 9.78 Å². The molecule has 2 aromatic carbocycles. The molecule has 0 aliphatic rings. The lowest BCUT2D eigenvalue weighted by molar-refractivity contribution is -0.114. The number of nitrogens with zero attached hydrogens (tertiary/aromatic N) is 2. The number of amides is 1. The quantitative estimate of drug-likeness (QED) is 0.620. The van der Waals surface area contributed by atoms with Crippen LogP contribution in [-0.2, 0) is 14.6 Å². The molecule has 1 amide bonds. The van der Waals surface area contributed by atoms with Gasteiger partial charge in [-0.2, -0.15) is 5.26 Å². The predicted molar refractivity (Wildman–Crippen MR) is 115 cm³/mol. The second-order valence-corrected chi connectivity index (χ2v) is 8.58. The Labute approximate surface area is 174 Å². The fourth-order valence-electron chi connectivity index (χ4n) is 2.95. The molecular formula is C21H20N4O4S. The molecule has 0 saturated carbocycles. The molecule has 0 bridgehead atoms. The summed E-state index contributed by atoms with van der Waals surface area (Å²) in [6, 6.07) is 11.8. The molecule has 3 rings (SSSR count). The summed E-state index contributed by atoms with van der Waals surface area (Å²) >= 11 is 0. The fraction of sp³-hybridized carbons (Fsp3) is 0.190. The van der Waals surface area contributed by atoms with Crippen molar-refractivity contribution in [1.82, 2.24) is 4.98 Å². The maximum atomic E-state index is 11.9. The van der Waals surface area contributed by atoms with Crippen LogP contribution in [0.25, 0.3) is 10.9 Å². The molecule has 154 valence electrons. The Balaban J connectivity index is 2.20. The van der Waals surface area contributed by atoms with Gasteiger partial charge in [-0.25, -0.2) is 8.42 Å². The van der Waals surface area contributed by atoms with Crippen LogP contribution in [0.15, 0.2) is 47.5 Å². The molecule has 2 N–H and O–H groups in total. The van der Waals surface area contributed by atoms with Crippen LogP contribution >= 0.6 is 0 Å². The average Bonchev–Trinajstić information content (AvgIpc) is 2.68. The third-order valence-corrected chi connectivity index (χ3v) is 5.34. The Hall–Kier alpha value is -3.64. The molecule has 3 aromatic rings. The van der Waals surface area contributed by atoms with E-state index in [-0.39, 0.29) is 16.4 Å². The Kier molecular flexibility index (Phi) is 5.89. The third kappa shape index (κ3) is 4.50. The number of aromatic nitrogens is 1. The molecule has 0 aliphatic heterocycles. The van der Waals surface area contributed by atoms with Crippen LogP contribution in [0.1, 0.15) is 19.4 Å². The molecule has 0 aliphatic carbocycles. The van der Waals surface area contributed by atoms with Crippen LogP contribution in [0.5, 0.6) is 5.75 Å². The molecule has 0 spiro atoms. The number of nitrogens with one attached hydrogen (secondary N) is 2. The molecule has 1 heterocycles. The van der Waals surface area contributed by atoms with Crippen molar-refractivity contribution in [2.45, 2.75) is 18.7 Å². The number of hydrogen-bond donors (Lipinski definition) is 2. The Morgan fingerprint density at radius 3 is 2.67 bits per heavy atom. The first kappa shape index (κ1) is 21.1. The Morgan fingerprint density at radius 1 is 1.27 bits per heavy atom. The molecular weight excluding hydrogens is 404 g/mol. The second kappa shape index (κ2) is 8.39. The number of rotatable bonds is 6. The summed E-state index contributed by atoms with van der Waals surface area (Å²) < 4.78 is 29.4. The van der Waals surface area contributed by atoms with Crippen molar-refractivity contribution in [3.63, 3.8) is 0 Å². The molecule has 0 unspecified atom stereocenters. The monoisotopic (exact) mass is 424 g/mol. The number of hydrogen-bond acceptors (Lipinski definition) is 7. The minimum absolute atomic E-state index is 0.155. The first-order valence-electron chi connectivity index (χ1n) is 9.07. The number of carbonyl (C=O) groups is 1. The van der Waals surface area contributed by atoms with Gasteiger partial charge in [-0.05, 0) is 31.2 Å². The molecule has 0 radical (unpaired) electrons. The number of nitriles is 1. The lowest BCUT2D eigenvalue weighted by atomic mass is 10.1. The van der Waals surface area contributed by atoms with Gasteiger partial charge in [-0.15, -0.1) is 0 Å². The zero-order valence-electron chi connectivity index (χ0n) is 16.7. The van der Waals surface area contributed by atoms with Crippen LogP contribution in [0, 0.1) is 11.3 Å². The van der Waals surface area contributed by atoms with Crippen molar-refractivity contribution >= 4 is 43.7 Å². The van der Waals surface area contributed by atoms with E-state index in [4.69, 9.17) is 4.74 Å². The first-order valence-corrected chi connectivity index (χ1v) is 11.0. The summed E-state index contributed by atoms with van der Waals surface area (Å²) in [5.41, 5.74) is 2.21. The molecule has 0 saturated heterocycles. The fourth-order valence-corrected chi connectivity index (χ4v) is 3.62. The van der Waals surface area contributed by atoms with Gasteiger partial charge >= 0.3 is 0 Å². The van der Waals surface area contributed by atoms with E-state index in [1.54, 1.807) is 24.3 Å². The molecule has 9 heteroatoms. The maximum Gasteiger partial charge on any atom is 0.221 e. The lowest BCUT2D eigenvalue weighted by Gasteiger charge is -2.16. The molecule has 1 aromatic heterocycles.